The van der Waals surface area contributed by atoms with E-state index in [9.17, 15) is 8.42 Å². The maximum absolute atomic E-state index is 12.8. The Morgan fingerprint density at radius 3 is 2.85 bits per heavy atom. The maximum atomic E-state index is 12.8. The molecule has 6 heteroatoms. The van der Waals surface area contributed by atoms with Crippen LogP contribution in [0.15, 0.2) is 29.2 Å². The second-order valence-electron chi connectivity index (χ2n) is 4.89. The zero-order valence-corrected chi connectivity index (χ0v) is 12.8. The highest BCUT2D eigenvalue weighted by molar-refractivity contribution is 7.89. The van der Waals surface area contributed by atoms with Crippen LogP contribution in [0.1, 0.15) is 19.8 Å². The summed E-state index contributed by atoms with van der Waals surface area (Å²) < 4.78 is 32.4. The van der Waals surface area contributed by atoms with Gasteiger partial charge in [0.15, 0.2) is 0 Å². The third-order valence-electron chi connectivity index (χ3n) is 3.55. The van der Waals surface area contributed by atoms with Crippen LogP contribution in [0.3, 0.4) is 0 Å². The highest BCUT2D eigenvalue weighted by atomic mass is 32.2. The highest BCUT2D eigenvalue weighted by Gasteiger charge is 2.31. The molecule has 0 radical (unpaired) electrons. The Balaban J connectivity index is 2.30. The third-order valence-corrected chi connectivity index (χ3v) is 5.47. The van der Waals surface area contributed by atoms with Gasteiger partial charge in [-0.05, 0) is 31.9 Å². The minimum Gasteiger partial charge on any atom is -0.384 e. The van der Waals surface area contributed by atoms with Crippen LogP contribution in [-0.2, 0) is 14.8 Å². The first kappa shape index (κ1) is 15.3. The van der Waals surface area contributed by atoms with Gasteiger partial charge < -0.3 is 10.1 Å². The van der Waals surface area contributed by atoms with Crippen molar-refractivity contribution in [3.8, 4) is 0 Å². The van der Waals surface area contributed by atoms with Gasteiger partial charge in [0.1, 0.15) is 4.90 Å². The molecule has 1 fully saturated rings. The summed E-state index contributed by atoms with van der Waals surface area (Å²) >= 11 is 0. The molecule has 1 heterocycles. The minimum atomic E-state index is -3.47. The van der Waals surface area contributed by atoms with Crippen molar-refractivity contribution in [1.29, 1.82) is 0 Å². The summed E-state index contributed by atoms with van der Waals surface area (Å²) in [7, 11) is -1.83. The van der Waals surface area contributed by atoms with E-state index in [1.165, 1.54) is 4.31 Å². The molecule has 0 aromatic heterocycles. The lowest BCUT2D eigenvalue weighted by molar-refractivity contribution is 0.0572. The summed E-state index contributed by atoms with van der Waals surface area (Å²) in [4.78, 5) is 0.346. The van der Waals surface area contributed by atoms with Crippen molar-refractivity contribution in [3.63, 3.8) is 0 Å². The van der Waals surface area contributed by atoms with Gasteiger partial charge in [0.05, 0.1) is 11.8 Å². The van der Waals surface area contributed by atoms with Gasteiger partial charge in [0, 0.05) is 26.7 Å². The minimum absolute atomic E-state index is 0.00942. The molecule has 20 heavy (non-hydrogen) atoms. The number of para-hydroxylation sites is 1. The molecule has 0 bridgehead atoms. The average Bonchev–Trinajstić information content (AvgIpc) is 2.48. The van der Waals surface area contributed by atoms with Crippen molar-refractivity contribution in [2.45, 2.75) is 30.8 Å². The fraction of sp³-hybridized carbons (Fsp3) is 0.571. The molecular weight excluding hydrogens is 276 g/mol. The number of sulfonamides is 1. The summed E-state index contributed by atoms with van der Waals surface area (Å²) in [5.74, 6) is 0. The maximum Gasteiger partial charge on any atom is 0.245 e. The molecule has 0 saturated carbocycles. The van der Waals surface area contributed by atoms with Crippen molar-refractivity contribution < 1.29 is 13.2 Å². The molecule has 0 amide bonds. The van der Waals surface area contributed by atoms with Crippen molar-refractivity contribution in [3.05, 3.63) is 24.3 Å². The zero-order valence-electron chi connectivity index (χ0n) is 12.0. The summed E-state index contributed by atoms with van der Waals surface area (Å²) in [6.07, 6.45) is 1.74. The summed E-state index contributed by atoms with van der Waals surface area (Å²) in [6.45, 7) is 3.63. The molecule has 1 aromatic rings. The lowest BCUT2D eigenvalue weighted by Crippen LogP contribution is -2.42. The molecular formula is C14H22N2O3S. The van der Waals surface area contributed by atoms with Crippen LogP contribution in [0.5, 0.6) is 0 Å². The number of benzene rings is 1. The van der Waals surface area contributed by atoms with Gasteiger partial charge in [-0.25, -0.2) is 8.42 Å². The summed E-state index contributed by atoms with van der Waals surface area (Å²) in [5, 5.41) is 3.11. The van der Waals surface area contributed by atoms with E-state index in [0.29, 0.717) is 30.2 Å². The SMILES string of the molecule is CCNc1ccccc1S(=O)(=O)N1CCCC(OC)C1. The van der Waals surface area contributed by atoms with Gasteiger partial charge in [-0.3, -0.25) is 0 Å². The molecule has 5 nitrogen and oxygen atoms in total. The van der Waals surface area contributed by atoms with Gasteiger partial charge in [-0.15, -0.1) is 0 Å². The Labute approximate surface area is 121 Å². The standard InChI is InChI=1S/C14H22N2O3S/c1-3-15-13-8-4-5-9-14(13)20(17,18)16-10-6-7-12(11-16)19-2/h4-5,8-9,12,15H,3,6-7,10-11H2,1-2H3. The Bertz CT molecular complexity index is 545. The number of nitrogens with zero attached hydrogens (tertiary/aromatic N) is 1. The number of nitrogens with one attached hydrogen (secondary N) is 1. The van der Waals surface area contributed by atoms with Gasteiger partial charge >= 0.3 is 0 Å². The normalized spacial score (nSPS) is 20.8. The molecule has 1 aliphatic heterocycles. The third kappa shape index (κ3) is 3.13. The number of hydrogen-bond donors (Lipinski definition) is 1. The van der Waals surface area contributed by atoms with Crippen molar-refractivity contribution in [1.82, 2.24) is 4.31 Å². The van der Waals surface area contributed by atoms with Crippen LogP contribution >= 0.6 is 0 Å². The van der Waals surface area contributed by atoms with E-state index in [-0.39, 0.29) is 6.10 Å². The first-order chi connectivity index (χ1) is 9.59. The number of anilines is 1. The fourth-order valence-corrected chi connectivity index (χ4v) is 4.16. The van der Waals surface area contributed by atoms with E-state index in [1.807, 2.05) is 13.0 Å². The Kier molecular flexibility index (Phi) is 5.01. The second kappa shape index (κ2) is 6.56. The predicted molar refractivity (Wildman–Crippen MR) is 79.4 cm³/mol. The number of rotatable bonds is 5. The van der Waals surface area contributed by atoms with E-state index in [0.717, 1.165) is 12.8 Å². The van der Waals surface area contributed by atoms with Crippen LogP contribution in [0.25, 0.3) is 0 Å². The second-order valence-corrected chi connectivity index (χ2v) is 6.80. The van der Waals surface area contributed by atoms with Crippen LogP contribution in [0.2, 0.25) is 0 Å². The van der Waals surface area contributed by atoms with Crippen LogP contribution in [-0.4, -0.2) is 45.6 Å². The monoisotopic (exact) mass is 298 g/mol. The lowest BCUT2D eigenvalue weighted by atomic mass is 10.1. The molecule has 1 aromatic carbocycles. The highest BCUT2D eigenvalue weighted by Crippen LogP contribution is 2.27. The van der Waals surface area contributed by atoms with Gasteiger partial charge in [-0.1, -0.05) is 12.1 Å². The fourth-order valence-electron chi connectivity index (χ4n) is 2.48. The van der Waals surface area contributed by atoms with Crippen LogP contribution in [0, 0.1) is 0 Å². The topological polar surface area (TPSA) is 58.6 Å². The quantitative estimate of drug-likeness (QED) is 0.902. The smallest absolute Gasteiger partial charge is 0.245 e. The van der Waals surface area contributed by atoms with E-state index < -0.39 is 10.0 Å². The van der Waals surface area contributed by atoms with E-state index >= 15 is 0 Å². The van der Waals surface area contributed by atoms with Gasteiger partial charge in [0.25, 0.3) is 0 Å². The van der Waals surface area contributed by atoms with E-state index in [2.05, 4.69) is 5.32 Å². The number of hydrogen-bond acceptors (Lipinski definition) is 4. The van der Waals surface area contributed by atoms with Crippen LogP contribution in [0.4, 0.5) is 5.69 Å². The van der Waals surface area contributed by atoms with E-state index in [1.54, 1.807) is 25.3 Å². The number of methoxy groups -OCH3 is 1. The average molecular weight is 298 g/mol. The Hall–Kier alpha value is -1.11. The number of piperidine rings is 1. The molecule has 0 aliphatic carbocycles. The van der Waals surface area contributed by atoms with E-state index in [4.69, 9.17) is 4.74 Å². The molecule has 0 spiro atoms. The zero-order chi connectivity index (χ0) is 14.6. The van der Waals surface area contributed by atoms with Gasteiger partial charge in [-0.2, -0.15) is 4.31 Å². The molecule has 2 rings (SSSR count). The molecule has 1 aliphatic rings. The molecule has 112 valence electrons. The lowest BCUT2D eigenvalue weighted by Gasteiger charge is -2.31. The molecule has 1 N–H and O–H groups in total. The molecule has 1 unspecified atom stereocenters. The first-order valence-corrected chi connectivity index (χ1v) is 8.39. The van der Waals surface area contributed by atoms with Crippen molar-refractivity contribution in [2.24, 2.45) is 0 Å². The number of ether oxygens (including phenoxy) is 1. The first-order valence-electron chi connectivity index (χ1n) is 6.95. The van der Waals surface area contributed by atoms with Crippen LogP contribution < -0.4 is 5.32 Å². The summed E-state index contributed by atoms with van der Waals surface area (Å²) in [5.41, 5.74) is 0.662. The molecule has 1 saturated heterocycles. The predicted octanol–water partition coefficient (Wildman–Crippen LogP) is 1.92. The Morgan fingerprint density at radius 1 is 1.40 bits per heavy atom. The Morgan fingerprint density at radius 2 is 2.15 bits per heavy atom. The van der Waals surface area contributed by atoms with Gasteiger partial charge in [0.2, 0.25) is 10.0 Å². The largest absolute Gasteiger partial charge is 0.384 e. The molecule has 1 atom stereocenters. The van der Waals surface area contributed by atoms with Crippen molar-refractivity contribution in [2.75, 3.05) is 32.1 Å². The van der Waals surface area contributed by atoms with Crippen molar-refractivity contribution >= 4 is 15.7 Å². The summed E-state index contributed by atoms with van der Waals surface area (Å²) in [6, 6.07) is 7.05.